The van der Waals surface area contributed by atoms with Crippen molar-refractivity contribution >= 4 is 10.3 Å². The third-order valence-corrected chi connectivity index (χ3v) is 3.58. The van der Waals surface area contributed by atoms with Gasteiger partial charge in [-0.2, -0.15) is 8.42 Å². The molecular formula is C15H27NO5S. The Morgan fingerprint density at radius 1 is 1.09 bits per heavy atom. The normalized spacial score (nSPS) is 11.7. The van der Waals surface area contributed by atoms with E-state index in [1.165, 1.54) is 5.56 Å². The molecule has 0 heterocycles. The smallest absolute Gasteiger partial charge is 0.333 e. The average Bonchev–Trinajstić information content (AvgIpc) is 2.47. The molecule has 0 aromatic heterocycles. The molecule has 0 radical (unpaired) electrons. The molecule has 1 rings (SSSR count). The minimum absolute atomic E-state index is 0.158. The van der Waals surface area contributed by atoms with Crippen LogP contribution in [0.4, 0.5) is 0 Å². The molecule has 0 saturated carbocycles. The van der Waals surface area contributed by atoms with Gasteiger partial charge in [-0.15, -0.1) is 0 Å². The number of unbranched alkanes of at least 4 members (excludes halogenated alkanes) is 1. The third kappa shape index (κ3) is 12.7. The molecule has 0 bridgehead atoms. The number of benzene rings is 1. The summed E-state index contributed by atoms with van der Waals surface area (Å²) in [5.74, 6) is -1.42. The zero-order valence-electron chi connectivity index (χ0n) is 13.2. The Labute approximate surface area is 133 Å². The van der Waals surface area contributed by atoms with Crippen LogP contribution in [0.15, 0.2) is 30.3 Å². The van der Waals surface area contributed by atoms with Crippen LogP contribution in [0.3, 0.4) is 0 Å². The highest BCUT2D eigenvalue weighted by Crippen LogP contribution is 2.07. The van der Waals surface area contributed by atoms with Gasteiger partial charge in [0.25, 0.3) is 0 Å². The summed E-state index contributed by atoms with van der Waals surface area (Å²) in [6, 6.07) is 10.0. The second-order valence-electron chi connectivity index (χ2n) is 4.95. The van der Waals surface area contributed by atoms with Crippen molar-refractivity contribution in [2.24, 2.45) is 5.14 Å². The molecule has 22 heavy (non-hydrogen) atoms. The summed E-state index contributed by atoms with van der Waals surface area (Å²) in [7, 11) is -3.77. The van der Waals surface area contributed by atoms with Crippen LogP contribution in [0, 0.1) is 0 Å². The Kier molecular flexibility index (Phi) is 10.2. The molecule has 1 aromatic carbocycles. The molecule has 7 heteroatoms. The fourth-order valence-corrected chi connectivity index (χ4v) is 1.85. The van der Waals surface area contributed by atoms with Crippen molar-refractivity contribution in [2.75, 3.05) is 6.61 Å². The number of aryl methyl sites for hydroxylation is 1. The Morgan fingerprint density at radius 2 is 1.64 bits per heavy atom. The van der Waals surface area contributed by atoms with E-state index in [2.05, 4.69) is 9.32 Å². The van der Waals surface area contributed by atoms with E-state index in [0.717, 1.165) is 12.8 Å². The highest BCUT2D eigenvalue weighted by Gasteiger charge is 2.15. The lowest BCUT2D eigenvalue weighted by Gasteiger charge is -2.15. The molecule has 0 unspecified atom stereocenters. The van der Waals surface area contributed by atoms with Gasteiger partial charge in [0, 0.05) is 0 Å². The van der Waals surface area contributed by atoms with Gasteiger partial charge in [0.05, 0.1) is 6.61 Å². The number of hydrogen-bond acceptors (Lipinski definition) is 5. The lowest BCUT2D eigenvalue weighted by molar-refractivity contribution is -0.163. The lowest BCUT2D eigenvalue weighted by Crippen LogP contribution is -2.24. The summed E-state index contributed by atoms with van der Waals surface area (Å²) in [6.07, 6.45) is 3.31. The quantitative estimate of drug-likeness (QED) is 0.495. The standard InChI is InChI=1S/C10H15NO3S.C5H12O2/c11-15(12,13)14-9-5-4-8-10-6-2-1-3-7-10;1-3-5(6,7)4-2/h1-3,6-7H,4-5,8-9H2,(H2,11,12,13);6-7H,3-4H2,1-2H3. The van der Waals surface area contributed by atoms with Gasteiger partial charge in [-0.05, 0) is 37.7 Å². The molecule has 0 spiro atoms. The van der Waals surface area contributed by atoms with E-state index < -0.39 is 16.1 Å². The maximum Gasteiger partial charge on any atom is 0.333 e. The van der Waals surface area contributed by atoms with Crippen LogP contribution >= 0.6 is 0 Å². The van der Waals surface area contributed by atoms with Crippen LogP contribution in [-0.2, 0) is 20.9 Å². The summed E-state index contributed by atoms with van der Waals surface area (Å²) >= 11 is 0. The van der Waals surface area contributed by atoms with Gasteiger partial charge in [0.2, 0.25) is 0 Å². The van der Waals surface area contributed by atoms with Crippen molar-refractivity contribution in [3.63, 3.8) is 0 Å². The topological polar surface area (TPSA) is 110 Å². The SMILES string of the molecule is CCC(O)(O)CC.NS(=O)(=O)OCCCCc1ccccc1. The van der Waals surface area contributed by atoms with Crippen LogP contribution in [0.1, 0.15) is 45.1 Å². The second-order valence-corrected chi connectivity index (χ2v) is 6.17. The molecule has 6 nitrogen and oxygen atoms in total. The first kappa shape index (κ1) is 21.0. The van der Waals surface area contributed by atoms with Crippen LogP contribution in [0.2, 0.25) is 0 Å². The minimum Gasteiger partial charge on any atom is -0.366 e. The molecule has 1 aromatic rings. The van der Waals surface area contributed by atoms with Gasteiger partial charge in [-0.1, -0.05) is 44.2 Å². The Morgan fingerprint density at radius 3 is 2.05 bits per heavy atom. The molecular weight excluding hydrogens is 306 g/mol. The van der Waals surface area contributed by atoms with Crippen LogP contribution in [-0.4, -0.2) is 31.0 Å². The summed E-state index contributed by atoms with van der Waals surface area (Å²) < 4.78 is 25.3. The highest BCUT2D eigenvalue weighted by molar-refractivity contribution is 7.84. The molecule has 0 amide bonds. The van der Waals surface area contributed by atoms with Gasteiger partial charge in [0.1, 0.15) is 0 Å². The molecule has 0 saturated heterocycles. The van der Waals surface area contributed by atoms with Crippen LogP contribution < -0.4 is 5.14 Å². The molecule has 0 atom stereocenters. The molecule has 0 fully saturated rings. The van der Waals surface area contributed by atoms with E-state index >= 15 is 0 Å². The molecule has 4 N–H and O–H groups in total. The van der Waals surface area contributed by atoms with Gasteiger partial charge >= 0.3 is 10.3 Å². The highest BCUT2D eigenvalue weighted by atomic mass is 32.2. The van der Waals surface area contributed by atoms with Gasteiger partial charge < -0.3 is 10.2 Å². The third-order valence-electron chi connectivity index (χ3n) is 3.08. The van der Waals surface area contributed by atoms with Gasteiger partial charge in [-0.25, -0.2) is 5.14 Å². The van der Waals surface area contributed by atoms with Crippen LogP contribution in [0.5, 0.6) is 0 Å². The first-order valence-electron chi connectivity index (χ1n) is 7.36. The lowest BCUT2D eigenvalue weighted by atomic mass is 10.1. The van der Waals surface area contributed by atoms with Crippen molar-refractivity contribution in [1.82, 2.24) is 0 Å². The fourth-order valence-electron chi connectivity index (χ4n) is 1.50. The van der Waals surface area contributed by atoms with Gasteiger partial charge in [-0.3, -0.25) is 4.18 Å². The first-order valence-corrected chi connectivity index (χ1v) is 8.83. The predicted octanol–water partition coefficient (Wildman–Crippen LogP) is 1.72. The molecule has 0 aliphatic rings. The zero-order chi connectivity index (χ0) is 17.1. The first-order chi connectivity index (χ1) is 10.2. The van der Waals surface area contributed by atoms with E-state index in [-0.39, 0.29) is 6.61 Å². The minimum atomic E-state index is -3.77. The average molecular weight is 333 g/mol. The van der Waals surface area contributed by atoms with E-state index in [1.54, 1.807) is 13.8 Å². The summed E-state index contributed by atoms with van der Waals surface area (Å²) in [6.45, 7) is 3.64. The number of aliphatic hydroxyl groups is 2. The van der Waals surface area contributed by atoms with Crippen molar-refractivity contribution in [1.29, 1.82) is 0 Å². The Hall–Kier alpha value is -0.990. The molecule has 0 aliphatic heterocycles. The van der Waals surface area contributed by atoms with Gasteiger partial charge in [0.15, 0.2) is 5.79 Å². The predicted molar refractivity (Wildman–Crippen MR) is 86.2 cm³/mol. The van der Waals surface area contributed by atoms with Crippen molar-refractivity contribution in [3.8, 4) is 0 Å². The maximum absolute atomic E-state index is 10.4. The summed E-state index contributed by atoms with van der Waals surface area (Å²) in [5.41, 5.74) is 1.24. The van der Waals surface area contributed by atoms with Crippen molar-refractivity contribution < 1.29 is 22.8 Å². The monoisotopic (exact) mass is 333 g/mol. The van der Waals surface area contributed by atoms with E-state index in [9.17, 15) is 8.42 Å². The van der Waals surface area contributed by atoms with E-state index in [4.69, 9.17) is 10.2 Å². The number of hydrogen-bond donors (Lipinski definition) is 3. The second kappa shape index (κ2) is 10.7. The fraction of sp³-hybridized carbons (Fsp3) is 0.600. The number of nitrogens with two attached hydrogens (primary N) is 1. The Balaban J connectivity index is 0.000000534. The summed E-state index contributed by atoms with van der Waals surface area (Å²) in [4.78, 5) is 0. The van der Waals surface area contributed by atoms with Crippen molar-refractivity contribution in [3.05, 3.63) is 35.9 Å². The van der Waals surface area contributed by atoms with E-state index in [0.29, 0.717) is 19.3 Å². The largest absolute Gasteiger partial charge is 0.366 e. The van der Waals surface area contributed by atoms with Crippen LogP contribution in [0.25, 0.3) is 0 Å². The molecule has 0 aliphatic carbocycles. The Bertz CT molecular complexity index is 482. The molecule has 128 valence electrons. The number of rotatable bonds is 8. The van der Waals surface area contributed by atoms with E-state index in [1.807, 2.05) is 30.3 Å². The maximum atomic E-state index is 10.4. The zero-order valence-corrected chi connectivity index (χ0v) is 14.1. The van der Waals surface area contributed by atoms with Crippen molar-refractivity contribution in [2.45, 2.75) is 51.7 Å². The summed E-state index contributed by atoms with van der Waals surface area (Å²) in [5, 5.41) is 22.1.